The Bertz CT molecular complexity index is 809. The van der Waals surface area contributed by atoms with Gasteiger partial charge in [0, 0.05) is 36.8 Å². The van der Waals surface area contributed by atoms with Gasteiger partial charge in [0.05, 0.1) is 6.07 Å². The van der Waals surface area contributed by atoms with Crippen LogP contribution in [0.25, 0.3) is 0 Å². The van der Waals surface area contributed by atoms with Gasteiger partial charge in [0.2, 0.25) is 0 Å². The summed E-state index contributed by atoms with van der Waals surface area (Å²) in [6.45, 7) is 9.59. The lowest BCUT2D eigenvalue weighted by Crippen LogP contribution is -2.41. The van der Waals surface area contributed by atoms with E-state index in [9.17, 15) is 0 Å². The van der Waals surface area contributed by atoms with Crippen LogP contribution in [0.4, 0.5) is 0 Å². The van der Waals surface area contributed by atoms with E-state index >= 15 is 0 Å². The monoisotopic (exact) mass is 466 g/mol. The van der Waals surface area contributed by atoms with Crippen molar-refractivity contribution in [2.75, 3.05) is 6.54 Å². The fourth-order valence-corrected chi connectivity index (χ4v) is 5.52. The summed E-state index contributed by atoms with van der Waals surface area (Å²) in [5.74, 6) is 0.548. The third-order valence-electron chi connectivity index (χ3n) is 6.96. The highest BCUT2D eigenvalue weighted by Gasteiger charge is 2.24. The second kappa shape index (κ2) is 15.2. The molecule has 0 spiro atoms. The minimum atomic E-state index is 0.318. The zero-order chi connectivity index (χ0) is 24.1. The van der Waals surface area contributed by atoms with E-state index in [0.29, 0.717) is 23.4 Å². The summed E-state index contributed by atoms with van der Waals surface area (Å²) in [4.78, 5) is 2.71. The van der Waals surface area contributed by atoms with Gasteiger partial charge in [0.15, 0.2) is 0 Å². The fourth-order valence-electron chi connectivity index (χ4n) is 5.10. The average Bonchev–Trinajstić information content (AvgIpc) is 2.83. The normalized spacial score (nSPS) is 19.0. The van der Waals surface area contributed by atoms with E-state index in [1.54, 1.807) is 6.07 Å². The van der Waals surface area contributed by atoms with Crippen molar-refractivity contribution in [3.8, 4) is 6.07 Å². The number of rotatable bonds is 10. The van der Waals surface area contributed by atoms with E-state index in [1.165, 1.54) is 62.1 Å². The van der Waals surface area contributed by atoms with E-state index in [4.69, 9.17) is 16.9 Å². The van der Waals surface area contributed by atoms with Crippen molar-refractivity contribution < 1.29 is 0 Å². The number of nitrogens with zero attached hydrogens (tertiary/aromatic N) is 2. The number of nitriles is 1. The maximum atomic E-state index is 7.32. The molecule has 3 rings (SSSR count). The van der Waals surface area contributed by atoms with Crippen LogP contribution in [0.3, 0.4) is 0 Å². The summed E-state index contributed by atoms with van der Waals surface area (Å²) in [7, 11) is 0. The lowest BCUT2D eigenvalue weighted by molar-refractivity contribution is 0.143. The van der Waals surface area contributed by atoms with Crippen LogP contribution in [-0.2, 0) is 12.8 Å². The molecule has 0 bridgehead atoms. The molecule has 0 N–H and O–H groups in total. The highest BCUT2D eigenvalue weighted by atomic mass is 35.5. The Labute approximate surface area is 208 Å². The molecule has 0 aromatic heterocycles. The first kappa shape index (κ1) is 27.4. The first-order valence-corrected chi connectivity index (χ1v) is 13.3. The zero-order valence-electron chi connectivity index (χ0n) is 21.1. The number of halogens is 1. The molecular weight excluding hydrogens is 424 g/mol. The predicted octanol–water partition coefficient (Wildman–Crippen LogP) is 8.15. The Morgan fingerprint density at radius 3 is 2.15 bits per heavy atom. The van der Waals surface area contributed by atoms with Gasteiger partial charge in [-0.15, -0.1) is 11.6 Å². The van der Waals surface area contributed by atoms with E-state index in [-0.39, 0.29) is 0 Å². The SMILES string of the molecule is CC#N.CCC(CCc1ccc(C2CCCCC2Cl)cc1)N(CCc1ccccc1)C(C)C. The summed E-state index contributed by atoms with van der Waals surface area (Å²) < 4.78 is 0. The first-order valence-electron chi connectivity index (χ1n) is 12.8. The molecule has 3 atom stereocenters. The standard InChI is InChI=1S/C28H40ClN.C2H3N/c1-4-26(30(22(2)3)21-20-23-10-6-5-7-11-23)19-16-24-14-17-25(18-15-24)27-12-8-9-13-28(27)29;1-2-3/h5-7,10-11,14-15,17-18,22,26-28H,4,8-9,12-13,16,19-21H2,1-3H3;1H3. The van der Waals surface area contributed by atoms with E-state index in [2.05, 4.69) is 80.3 Å². The van der Waals surface area contributed by atoms with Crippen LogP contribution in [0.2, 0.25) is 0 Å². The molecule has 0 heterocycles. The molecular formula is C30H43ClN2. The Kier molecular flexibility index (Phi) is 12.6. The van der Waals surface area contributed by atoms with Gasteiger partial charge < -0.3 is 0 Å². The minimum absolute atomic E-state index is 0.318. The first-order chi connectivity index (χ1) is 16.0. The van der Waals surface area contributed by atoms with Crippen LogP contribution in [0.1, 0.15) is 88.8 Å². The van der Waals surface area contributed by atoms with Crippen molar-refractivity contribution in [2.45, 2.75) is 102 Å². The number of hydrogen-bond acceptors (Lipinski definition) is 2. The van der Waals surface area contributed by atoms with Crippen LogP contribution >= 0.6 is 11.6 Å². The summed E-state index contributed by atoms with van der Waals surface area (Å²) in [5, 5.41) is 7.64. The highest BCUT2D eigenvalue weighted by Crippen LogP contribution is 2.36. The summed E-state index contributed by atoms with van der Waals surface area (Å²) in [5.41, 5.74) is 4.34. The van der Waals surface area contributed by atoms with Crippen LogP contribution in [0.15, 0.2) is 54.6 Å². The third kappa shape index (κ3) is 9.15. The van der Waals surface area contributed by atoms with Gasteiger partial charge in [0.25, 0.3) is 0 Å². The smallest absolute Gasteiger partial charge is 0.0587 e. The fraction of sp³-hybridized carbons (Fsp3) is 0.567. The number of aryl methyl sites for hydroxylation is 1. The van der Waals surface area contributed by atoms with Crippen LogP contribution in [-0.4, -0.2) is 28.9 Å². The zero-order valence-corrected chi connectivity index (χ0v) is 21.9. The van der Waals surface area contributed by atoms with Gasteiger partial charge in [-0.05, 0) is 69.1 Å². The molecule has 33 heavy (non-hydrogen) atoms. The summed E-state index contributed by atoms with van der Waals surface area (Å²) in [6, 6.07) is 23.3. The summed E-state index contributed by atoms with van der Waals surface area (Å²) in [6.07, 6.45) is 9.74. The predicted molar refractivity (Wildman–Crippen MR) is 143 cm³/mol. The average molecular weight is 467 g/mol. The summed E-state index contributed by atoms with van der Waals surface area (Å²) >= 11 is 6.61. The van der Waals surface area contributed by atoms with Crippen molar-refractivity contribution in [3.63, 3.8) is 0 Å². The van der Waals surface area contributed by atoms with Crippen molar-refractivity contribution in [2.24, 2.45) is 0 Å². The highest BCUT2D eigenvalue weighted by molar-refractivity contribution is 6.21. The van der Waals surface area contributed by atoms with Gasteiger partial charge >= 0.3 is 0 Å². The molecule has 2 aromatic carbocycles. The van der Waals surface area contributed by atoms with E-state index in [0.717, 1.165) is 19.4 Å². The van der Waals surface area contributed by atoms with Gasteiger partial charge in [-0.2, -0.15) is 5.26 Å². The molecule has 1 aliphatic carbocycles. The molecule has 0 amide bonds. The van der Waals surface area contributed by atoms with Gasteiger partial charge in [-0.1, -0.05) is 74.4 Å². The largest absolute Gasteiger partial charge is 0.298 e. The molecule has 1 saturated carbocycles. The van der Waals surface area contributed by atoms with Crippen molar-refractivity contribution >= 4 is 11.6 Å². The molecule has 3 heteroatoms. The molecule has 2 aromatic rings. The van der Waals surface area contributed by atoms with E-state index in [1.807, 2.05) is 0 Å². The molecule has 1 aliphatic rings. The molecule has 180 valence electrons. The van der Waals surface area contributed by atoms with E-state index < -0.39 is 0 Å². The van der Waals surface area contributed by atoms with Crippen molar-refractivity contribution in [3.05, 3.63) is 71.3 Å². The van der Waals surface area contributed by atoms with Crippen molar-refractivity contribution in [1.29, 1.82) is 5.26 Å². The van der Waals surface area contributed by atoms with Gasteiger partial charge in [-0.25, -0.2) is 0 Å². The maximum absolute atomic E-state index is 7.32. The Hall–Kier alpha value is -1.82. The number of benzene rings is 2. The number of hydrogen-bond donors (Lipinski definition) is 0. The molecule has 0 aliphatic heterocycles. The topological polar surface area (TPSA) is 27.0 Å². The molecule has 2 nitrogen and oxygen atoms in total. The quantitative estimate of drug-likeness (QED) is 0.330. The second-order valence-electron chi connectivity index (χ2n) is 9.54. The Morgan fingerprint density at radius 1 is 0.970 bits per heavy atom. The molecule has 0 radical (unpaired) electrons. The minimum Gasteiger partial charge on any atom is -0.298 e. The van der Waals surface area contributed by atoms with Gasteiger partial charge in [0.1, 0.15) is 0 Å². The Balaban J connectivity index is 0.00000122. The lowest BCUT2D eigenvalue weighted by atomic mass is 9.83. The molecule has 1 fully saturated rings. The maximum Gasteiger partial charge on any atom is 0.0587 e. The Morgan fingerprint density at radius 2 is 1.58 bits per heavy atom. The molecule has 0 saturated heterocycles. The van der Waals surface area contributed by atoms with Crippen LogP contribution in [0, 0.1) is 11.3 Å². The van der Waals surface area contributed by atoms with Crippen LogP contribution in [0.5, 0.6) is 0 Å². The molecule has 3 unspecified atom stereocenters. The van der Waals surface area contributed by atoms with Crippen molar-refractivity contribution in [1.82, 2.24) is 4.90 Å². The third-order valence-corrected chi connectivity index (χ3v) is 7.48. The number of alkyl halides is 1. The second-order valence-corrected chi connectivity index (χ2v) is 10.1. The lowest BCUT2D eigenvalue weighted by Gasteiger charge is -2.35. The van der Waals surface area contributed by atoms with Crippen LogP contribution < -0.4 is 0 Å². The van der Waals surface area contributed by atoms with Gasteiger partial charge in [-0.3, -0.25) is 4.90 Å².